The molecule has 6 nitrogen and oxygen atoms in total. The lowest BCUT2D eigenvalue weighted by atomic mass is 10.1. The number of carbonyl (C=O) groups excluding carboxylic acids is 1. The number of rotatable bonds is 3. The minimum atomic E-state index is -4.00. The molecule has 8 heteroatoms. The molecular formula is C13H9NO5S2. The number of sulfonamides is 1. The lowest BCUT2D eigenvalue weighted by Crippen LogP contribution is -2.29. The van der Waals surface area contributed by atoms with Gasteiger partial charge in [-0.3, -0.25) is 4.79 Å². The lowest BCUT2D eigenvalue weighted by Gasteiger charge is -2.13. The van der Waals surface area contributed by atoms with Crippen LogP contribution in [0.15, 0.2) is 40.6 Å². The van der Waals surface area contributed by atoms with Crippen LogP contribution in [0, 0.1) is 0 Å². The topological polar surface area (TPSA) is 91.8 Å². The maximum atomic E-state index is 12.4. The zero-order chi connectivity index (χ0) is 15.2. The first-order chi connectivity index (χ1) is 9.91. The highest BCUT2D eigenvalue weighted by molar-refractivity contribution is 7.90. The fraction of sp³-hybridized carbons (Fsp3) is 0.0769. The van der Waals surface area contributed by atoms with Gasteiger partial charge in [-0.1, -0.05) is 6.07 Å². The van der Waals surface area contributed by atoms with Crippen LogP contribution >= 0.6 is 11.3 Å². The summed E-state index contributed by atoms with van der Waals surface area (Å²) in [6.45, 7) is -0.0457. The molecule has 0 spiro atoms. The molecule has 1 N–H and O–H groups in total. The number of carboxylic acids is 1. The summed E-state index contributed by atoms with van der Waals surface area (Å²) in [4.78, 5) is 23.7. The van der Waals surface area contributed by atoms with E-state index in [1.807, 2.05) is 0 Å². The number of carbonyl (C=O) groups is 2. The van der Waals surface area contributed by atoms with Crippen molar-refractivity contribution in [3.63, 3.8) is 0 Å². The highest BCUT2D eigenvalue weighted by atomic mass is 32.2. The van der Waals surface area contributed by atoms with E-state index >= 15 is 0 Å². The molecule has 2 aromatic rings. The summed E-state index contributed by atoms with van der Waals surface area (Å²) in [6.07, 6.45) is 0. The number of carboxylic acid groups (broad SMARTS) is 1. The number of nitrogens with zero attached hydrogens (tertiary/aromatic N) is 1. The molecule has 2 heterocycles. The van der Waals surface area contributed by atoms with Gasteiger partial charge >= 0.3 is 5.97 Å². The van der Waals surface area contributed by atoms with Gasteiger partial charge in [0.25, 0.3) is 15.9 Å². The molecule has 1 aliphatic rings. The van der Waals surface area contributed by atoms with Gasteiger partial charge in [0, 0.05) is 4.88 Å². The molecule has 3 rings (SSSR count). The van der Waals surface area contributed by atoms with E-state index in [1.165, 1.54) is 23.5 Å². The first-order valence-electron chi connectivity index (χ1n) is 5.88. The summed E-state index contributed by atoms with van der Waals surface area (Å²) in [5, 5.41) is 10.7. The molecule has 0 aliphatic carbocycles. The van der Waals surface area contributed by atoms with E-state index in [-0.39, 0.29) is 22.6 Å². The normalized spacial score (nSPS) is 16.0. The number of aromatic carboxylic acids is 1. The zero-order valence-electron chi connectivity index (χ0n) is 10.5. The van der Waals surface area contributed by atoms with Gasteiger partial charge < -0.3 is 5.11 Å². The average Bonchev–Trinajstić information content (AvgIpc) is 3.01. The van der Waals surface area contributed by atoms with Gasteiger partial charge in [-0.15, -0.1) is 11.3 Å². The number of hydrogen-bond acceptors (Lipinski definition) is 5. The number of fused-ring (bicyclic) bond motifs is 1. The number of thiophene rings is 1. The quantitative estimate of drug-likeness (QED) is 0.930. The van der Waals surface area contributed by atoms with Crippen molar-refractivity contribution in [3.05, 3.63) is 51.7 Å². The standard InChI is InChI=1S/C13H9NO5S2/c15-12-10-4-3-8(13(16)17)6-11(10)21(18,19)14(12)7-9-2-1-5-20-9/h1-6H,7H2,(H,16,17). The van der Waals surface area contributed by atoms with E-state index in [9.17, 15) is 18.0 Å². The SMILES string of the molecule is O=C(O)c1ccc2c(c1)S(=O)(=O)N(Cc1cccs1)C2=O. The third-order valence-electron chi connectivity index (χ3n) is 3.13. The molecule has 0 bridgehead atoms. The van der Waals surface area contributed by atoms with E-state index in [2.05, 4.69) is 0 Å². The van der Waals surface area contributed by atoms with Gasteiger partial charge in [-0.2, -0.15) is 0 Å². The highest BCUT2D eigenvalue weighted by Crippen LogP contribution is 2.32. The van der Waals surface area contributed by atoms with Crippen molar-refractivity contribution in [2.45, 2.75) is 11.4 Å². The third-order valence-corrected chi connectivity index (χ3v) is 5.76. The van der Waals surface area contributed by atoms with E-state index < -0.39 is 21.9 Å². The molecule has 1 aromatic carbocycles. The monoisotopic (exact) mass is 323 g/mol. The minimum absolute atomic E-state index is 0.0107. The largest absolute Gasteiger partial charge is 0.478 e. The molecule has 0 fully saturated rings. The summed E-state index contributed by atoms with van der Waals surface area (Å²) in [7, 11) is -4.00. The molecule has 1 aromatic heterocycles. The van der Waals surface area contributed by atoms with Crippen LogP contribution in [-0.2, 0) is 16.6 Å². The molecule has 108 valence electrons. The maximum absolute atomic E-state index is 12.4. The first kappa shape index (κ1) is 13.8. The first-order valence-corrected chi connectivity index (χ1v) is 8.20. The maximum Gasteiger partial charge on any atom is 0.335 e. The number of benzene rings is 1. The fourth-order valence-corrected chi connectivity index (χ4v) is 4.46. The van der Waals surface area contributed by atoms with Crippen LogP contribution in [0.25, 0.3) is 0 Å². The van der Waals surface area contributed by atoms with E-state index in [0.717, 1.165) is 15.2 Å². The van der Waals surface area contributed by atoms with Gasteiger partial charge in [0.05, 0.1) is 17.7 Å². The van der Waals surface area contributed by atoms with Crippen LogP contribution in [0.3, 0.4) is 0 Å². The Balaban J connectivity index is 2.08. The second-order valence-electron chi connectivity index (χ2n) is 4.41. The number of hydrogen-bond donors (Lipinski definition) is 1. The van der Waals surface area contributed by atoms with Crippen molar-refractivity contribution in [2.75, 3.05) is 0 Å². The summed E-state index contributed by atoms with van der Waals surface area (Å²) in [5.41, 5.74) is -0.153. The Hall–Kier alpha value is -2.19. The lowest BCUT2D eigenvalue weighted by molar-refractivity contribution is 0.0695. The Morgan fingerprint density at radius 2 is 2.05 bits per heavy atom. The van der Waals surface area contributed by atoms with Crippen LogP contribution in [0.4, 0.5) is 0 Å². The second kappa shape index (κ2) is 4.68. The third kappa shape index (κ3) is 2.12. The summed E-state index contributed by atoms with van der Waals surface area (Å²) >= 11 is 1.35. The molecule has 0 saturated carbocycles. The van der Waals surface area contributed by atoms with Gasteiger partial charge in [-0.05, 0) is 29.6 Å². The van der Waals surface area contributed by atoms with Crippen LogP contribution < -0.4 is 0 Å². The Bertz CT molecular complexity index is 839. The Labute approximate surface area is 124 Å². The second-order valence-corrected chi connectivity index (χ2v) is 7.28. The molecular weight excluding hydrogens is 314 g/mol. The van der Waals surface area contributed by atoms with Crippen molar-refractivity contribution in [3.8, 4) is 0 Å². The van der Waals surface area contributed by atoms with Crippen LogP contribution in [0.5, 0.6) is 0 Å². The molecule has 1 aliphatic heterocycles. The van der Waals surface area contributed by atoms with E-state index in [0.29, 0.717) is 0 Å². The Kier molecular flexibility index (Phi) is 3.07. The van der Waals surface area contributed by atoms with Crippen molar-refractivity contribution >= 4 is 33.2 Å². The molecule has 0 atom stereocenters. The average molecular weight is 323 g/mol. The van der Waals surface area contributed by atoms with Crippen molar-refractivity contribution < 1.29 is 23.1 Å². The number of amides is 1. The zero-order valence-corrected chi connectivity index (χ0v) is 12.1. The van der Waals surface area contributed by atoms with Crippen LogP contribution in [0.1, 0.15) is 25.6 Å². The Morgan fingerprint density at radius 1 is 1.29 bits per heavy atom. The van der Waals surface area contributed by atoms with Crippen LogP contribution in [0.2, 0.25) is 0 Å². The summed E-state index contributed by atoms with van der Waals surface area (Å²) in [5.74, 6) is -1.87. The molecule has 1 amide bonds. The van der Waals surface area contributed by atoms with Crippen molar-refractivity contribution in [1.29, 1.82) is 0 Å². The minimum Gasteiger partial charge on any atom is -0.478 e. The smallest absolute Gasteiger partial charge is 0.335 e. The predicted octanol–water partition coefficient (Wildman–Crippen LogP) is 1.79. The van der Waals surface area contributed by atoms with Gasteiger partial charge in [0.15, 0.2) is 0 Å². The van der Waals surface area contributed by atoms with E-state index in [4.69, 9.17) is 5.11 Å². The predicted molar refractivity (Wildman–Crippen MR) is 74.8 cm³/mol. The van der Waals surface area contributed by atoms with E-state index in [1.54, 1.807) is 17.5 Å². The molecule has 0 radical (unpaired) electrons. The summed E-state index contributed by atoms with van der Waals surface area (Å²) in [6, 6.07) is 7.00. The fourth-order valence-electron chi connectivity index (χ4n) is 2.11. The van der Waals surface area contributed by atoms with Crippen LogP contribution in [-0.4, -0.2) is 29.7 Å². The Morgan fingerprint density at radius 3 is 2.67 bits per heavy atom. The van der Waals surface area contributed by atoms with Gasteiger partial charge in [0.2, 0.25) is 0 Å². The summed E-state index contributed by atoms with van der Waals surface area (Å²) < 4.78 is 25.6. The molecule has 0 saturated heterocycles. The van der Waals surface area contributed by atoms with Crippen molar-refractivity contribution in [2.24, 2.45) is 0 Å². The highest BCUT2D eigenvalue weighted by Gasteiger charge is 2.41. The molecule has 0 unspecified atom stereocenters. The van der Waals surface area contributed by atoms with Gasteiger partial charge in [-0.25, -0.2) is 17.5 Å². The van der Waals surface area contributed by atoms with Crippen molar-refractivity contribution in [1.82, 2.24) is 4.31 Å². The molecule has 21 heavy (non-hydrogen) atoms. The van der Waals surface area contributed by atoms with Gasteiger partial charge in [0.1, 0.15) is 4.90 Å².